The Morgan fingerprint density at radius 3 is 2.12 bits per heavy atom. The quantitative estimate of drug-likeness (QED) is 0.211. The molecular formula is C33H29N3O5. The highest BCUT2D eigenvalue weighted by molar-refractivity contribution is 6.46. The minimum Gasteiger partial charge on any atom is -0.444 e. The van der Waals surface area contributed by atoms with E-state index in [0.717, 1.165) is 33.1 Å². The SMILES string of the molecule is Cn1cc(C2=C(c3cn(-c4cccc(CNC(=O)OC(C)(C)C)c4)c4ccccc34)C(=O)OC2=O)c2ccccc21. The van der Waals surface area contributed by atoms with Crippen LogP contribution in [0.1, 0.15) is 37.5 Å². The summed E-state index contributed by atoms with van der Waals surface area (Å²) in [6.45, 7) is 5.73. The first-order valence-corrected chi connectivity index (χ1v) is 13.3. The second-order valence-electron chi connectivity index (χ2n) is 11.1. The highest BCUT2D eigenvalue weighted by Gasteiger charge is 2.37. The molecule has 0 aliphatic carbocycles. The molecule has 8 nitrogen and oxygen atoms in total. The van der Waals surface area contributed by atoms with E-state index in [4.69, 9.17) is 9.47 Å². The first-order chi connectivity index (χ1) is 19.6. The number of hydrogen-bond acceptors (Lipinski definition) is 5. The lowest BCUT2D eigenvalue weighted by Crippen LogP contribution is -2.32. The maximum Gasteiger partial charge on any atom is 0.407 e. The van der Waals surface area contributed by atoms with Gasteiger partial charge in [-0.2, -0.15) is 0 Å². The molecule has 3 heterocycles. The van der Waals surface area contributed by atoms with Crippen LogP contribution >= 0.6 is 0 Å². The molecule has 0 radical (unpaired) electrons. The van der Waals surface area contributed by atoms with E-state index in [-0.39, 0.29) is 17.7 Å². The number of esters is 2. The highest BCUT2D eigenvalue weighted by atomic mass is 16.6. The Bertz CT molecular complexity index is 1900. The number of aromatic nitrogens is 2. The van der Waals surface area contributed by atoms with Crippen LogP contribution in [0.3, 0.4) is 0 Å². The fourth-order valence-corrected chi connectivity index (χ4v) is 5.32. The topological polar surface area (TPSA) is 91.6 Å². The zero-order chi connectivity index (χ0) is 28.9. The monoisotopic (exact) mass is 547 g/mol. The van der Waals surface area contributed by atoms with Crippen LogP contribution in [0.5, 0.6) is 0 Å². The Labute approximate surface area is 236 Å². The molecule has 0 bridgehead atoms. The fraction of sp³-hybridized carbons (Fsp3) is 0.182. The molecule has 206 valence electrons. The smallest absolute Gasteiger partial charge is 0.407 e. The normalized spacial score (nSPS) is 13.8. The van der Waals surface area contributed by atoms with Gasteiger partial charge in [0.25, 0.3) is 0 Å². The predicted octanol–water partition coefficient (Wildman–Crippen LogP) is 6.14. The van der Waals surface area contributed by atoms with Gasteiger partial charge in [-0.1, -0.05) is 48.5 Å². The van der Waals surface area contributed by atoms with E-state index in [0.29, 0.717) is 11.1 Å². The molecular weight excluding hydrogens is 518 g/mol. The van der Waals surface area contributed by atoms with Gasteiger partial charge in [0.15, 0.2) is 0 Å². The van der Waals surface area contributed by atoms with Crippen molar-refractivity contribution in [1.29, 1.82) is 0 Å². The summed E-state index contributed by atoms with van der Waals surface area (Å²) < 4.78 is 14.5. The van der Waals surface area contributed by atoms with Gasteiger partial charge in [0, 0.05) is 59.1 Å². The van der Waals surface area contributed by atoms with E-state index >= 15 is 0 Å². The molecule has 0 unspecified atom stereocenters. The predicted molar refractivity (Wildman–Crippen MR) is 157 cm³/mol. The average Bonchev–Trinajstić information content (AvgIpc) is 3.57. The number of benzene rings is 3. The van der Waals surface area contributed by atoms with E-state index in [9.17, 15) is 14.4 Å². The van der Waals surface area contributed by atoms with Crippen molar-refractivity contribution >= 4 is 51.0 Å². The second-order valence-corrected chi connectivity index (χ2v) is 11.1. The van der Waals surface area contributed by atoms with Crippen molar-refractivity contribution in [2.24, 2.45) is 7.05 Å². The maximum absolute atomic E-state index is 13.2. The molecule has 1 N–H and O–H groups in total. The molecule has 1 aliphatic heterocycles. The van der Waals surface area contributed by atoms with Gasteiger partial charge in [0.1, 0.15) is 5.60 Å². The zero-order valence-electron chi connectivity index (χ0n) is 23.2. The molecule has 0 saturated heterocycles. The van der Waals surface area contributed by atoms with Gasteiger partial charge < -0.3 is 23.9 Å². The third-order valence-electron chi connectivity index (χ3n) is 7.02. The van der Waals surface area contributed by atoms with Crippen LogP contribution in [-0.4, -0.2) is 32.8 Å². The molecule has 5 aromatic rings. The minimum atomic E-state index is -0.670. The zero-order valence-corrected chi connectivity index (χ0v) is 23.2. The van der Waals surface area contributed by atoms with Crippen molar-refractivity contribution in [2.75, 3.05) is 0 Å². The van der Waals surface area contributed by atoms with Crippen molar-refractivity contribution in [2.45, 2.75) is 32.9 Å². The van der Waals surface area contributed by atoms with Gasteiger partial charge in [-0.25, -0.2) is 14.4 Å². The van der Waals surface area contributed by atoms with Crippen LogP contribution in [0.4, 0.5) is 4.79 Å². The largest absolute Gasteiger partial charge is 0.444 e. The summed E-state index contributed by atoms with van der Waals surface area (Å²) in [4.78, 5) is 38.5. The number of fused-ring (bicyclic) bond motifs is 2. The van der Waals surface area contributed by atoms with Gasteiger partial charge >= 0.3 is 18.0 Å². The third kappa shape index (κ3) is 4.78. The van der Waals surface area contributed by atoms with Crippen LogP contribution < -0.4 is 5.32 Å². The lowest BCUT2D eigenvalue weighted by Gasteiger charge is -2.19. The first-order valence-electron chi connectivity index (χ1n) is 13.3. The van der Waals surface area contributed by atoms with Gasteiger partial charge in [-0.3, -0.25) is 0 Å². The minimum absolute atomic E-state index is 0.240. The van der Waals surface area contributed by atoms with Gasteiger partial charge in [0.05, 0.1) is 16.7 Å². The Balaban J connectivity index is 1.46. The van der Waals surface area contributed by atoms with E-state index in [2.05, 4.69) is 5.32 Å². The molecule has 1 aliphatic rings. The second kappa shape index (κ2) is 9.82. The van der Waals surface area contributed by atoms with Crippen LogP contribution in [0.15, 0.2) is 85.2 Å². The Hall–Kier alpha value is -5.11. The molecule has 3 aromatic carbocycles. The number of nitrogens with zero attached hydrogens (tertiary/aromatic N) is 2. The number of nitrogens with one attached hydrogen (secondary N) is 1. The number of carbonyl (C=O) groups is 3. The van der Waals surface area contributed by atoms with Crippen molar-refractivity contribution < 1.29 is 23.9 Å². The van der Waals surface area contributed by atoms with Crippen molar-refractivity contribution in [3.05, 3.63) is 102 Å². The molecule has 2 aromatic heterocycles. The molecule has 0 saturated carbocycles. The number of amides is 1. The number of hydrogen-bond donors (Lipinski definition) is 1. The van der Waals surface area contributed by atoms with Crippen LogP contribution in [0, 0.1) is 0 Å². The summed E-state index contributed by atoms with van der Waals surface area (Å²) >= 11 is 0. The molecule has 8 heteroatoms. The van der Waals surface area contributed by atoms with E-state index in [1.54, 1.807) is 0 Å². The number of carbonyl (C=O) groups excluding carboxylic acids is 3. The summed E-state index contributed by atoms with van der Waals surface area (Å²) in [6.07, 6.45) is 3.24. The van der Waals surface area contributed by atoms with E-state index in [1.807, 2.05) is 122 Å². The number of rotatable bonds is 5. The van der Waals surface area contributed by atoms with Crippen LogP contribution in [-0.2, 0) is 32.7 Å². The van der Waals surface area contributed by atoms with Gasteiger partial charge in [0.2, 0.25) is 0 Å². The van der Waals surface area contributed by atoms with Crippen molar-refractivity contribution in [3.8, 4) is 5.69 Å². The lowest BCUT2D eigenvalue weighted by atomic mass is 9.95. The molecule has 41 heavy (non-hydrogen) atoms. The number of ether oxygens (including phenoxy) is 2. The van der Waals surface area contributed by atoms with Crippen LogP contribution in [0.2, 0.25) is 0 Å². The summed E-state index contributed by atoms with van der Waals surface area (Å²) in [5.74, 6) is -1.33. The van der Waals surface area contributed by atoms with Gasteiger partial charge in [-0.15, -0.1) is 0 Å². The summed E-state index contributed by atoms with van der Waals surface area (Å²) in [6, 6.07) is 23.2. The first kappa shape index (κ1) is 26.1. The van der Waals surface area contributed by atoms with Crippen LogP contribution in [0.25, 0.3) is 38.6 Å². The lowest BCUT2D eigenvalue weighted by molar-refractivity contribution is -0.149. The Morgan fingerprint density at radius 2 is 1.44 bits per heavy atom. The molecule has 0 atom stereocenters. The van der Waals surface area contributed by atoms with E-state index < -0.39 is 23.6 Å². The molecule has 0 spiro atoms. The maximum atomic E-state index is 13.2. The Kier molecular flexibility index (Phi) is 6.26. The average molecular weight is 548 g/mol. The molecule has 6 rings (SSSR count). The standard InChI is InChI=1S/C33H29N3O5/c1-33(2,3)41-32(39)34-17-20-10-9-11-21(16-20)36-19-25(23-13-6-8-15-27(23)36)29-28(30(37)40-31(29)38)24-18-35(4)26-14-7-5-12-22(24)26/h5-16,18-19H,17H2,1-4H3,(H,34,39). The number of cyclic esters (lactones) is 2. The third-order valence-corrected chi connectivity index (χ3v) is 7.02. The van der Waals surface area contributed by atoms with Crippen molar-refractivity contribution in [1.82, 2.24) is 14.5 Å². The number of alkyl carbamates (subject to hydrolysis) is 1. The molecule has 0 fully saturated rings. The van der Waals surface area contributed by atoms with Gasteiger partial charge in [-0.05, 0) is 50.6 Å². The fourth-order valence-electron chi connectivity index (χ4n) is 5.32. The number of para-hydroxylation sites is 2. The highest BCUT2D eigenvalue weighted by Crippen LogP contribution is 2.41. The van der Waals surface area contributed by atoms with E-state index in [1.165, 1.54) is 0 Å². The summed E-state index contributed by atoms with van der Waals surface area (Å²) in [5, 5.41) is 4.47. The van der Waals surface area contributed by atoms with Crippen molar-refractivity contribution in [3.63, 3.8) is 0 Å². The Morgan fingerprint density at radius 1 is 0.829 bits per heavy atom. The summed E-state index contributed by atoms with van der Waals surface area (Å²) in [7, 11) is 1.91. The number of aryl methyl sites for hydroxylation is 1. The summed E-state index contributed by atoms with van der Waals surface area (Å²) in [5.41, 5.74) is 4.68. The molecule has 1 amide bonds.